The van der Waals surface area contributed by atoms with Crippen molar-refractivity contribution >= 4 is 38.3 Å². The van der Waals surface area contributed by atoms with Crippen LogP contribution >= 0.6 is 27.5 Å². The monoisotopic (exact) mass is 328 g/mol. The lowest BCUT2D eigenvalue weighted by Crippen LogP contribution is -1.92. The van der Waals surface area contributed by atoms with Crippen molar-refractivity contribution in [2.75, 3.05) is 6.26 Å². The summed E-state index contributed by atoms with van der Waals surface area (Å²) >= 11 is 9.44. The van der Waals surface area contributed by atoms with Crippen LogP contribution in [0.25, 0.3) is 11.1 Å². The zero-order valence-electron chi connectivity index (χ0n) is 9.11. The number of halogens is 2. The van der Waals surface area contributed by atoms with Gasteiger partial charge in [-0.2, -0.15) is 0 Å². The van der Waals surface area contributed by atoms with Crippen LogP contribution in [0.2, 0.25) is 5.02 Å². The highest BCUT2D eigenvalue weighted by Gasteiger charge is 2.11. The quantitative estimate of drug-likeness (QED) is 0.792. The third-order valence-electron chi connectivity index (χ3n) is 2.42. The molecule has 0 spiro atoms. The number of hydrogen-bond donors (Lipinski definition) is 0. The molecule has 0 saturated carbocycles. The van der Waals surface area contributed by atoms with E-state index in [9.17, 15) is 4.21 Å². The second kappa shape index (κ2) is 5.34. The molecule has 2 aromatic rings. The number of hydrogen-bond acceptors (Lipinski definition) is 1. The highest BCUT2D eigenvalue weighted by Crippen LogP contribution is 2.33. The zero-order chi connectivity index (χ0) is 12.4. The molecule has 17 heavy (non-hydrogen) atoms. The fraction of sp³-hybridized carbons (Fsp3) is 0.0769. The van der Waals surface area contributed by atoms with Gasteiger partial charge in [-0.05, 0) is 29.3 Å². The van der Waals surface area contributed by atoms with Crippen LogP contribution in [0.1, 0.15) is 0 Å². The maximum absolute atomic E-state index is 11.7. The summed E-state index contributed by atoms with van der Waals surface area (Å²) in [6.45, 7) is 0. The largest absolute Gasteiger partial charge is 0.255 e. The van der Waals surface area contributed by atoms with Crippen LogP contribution in [0.5, 0.6) is 0 Å². The van der Waals surface area contributed by atoms with Gasteiger partial charge in [0.25, 0.3) is 0 Å². The average molecular weight is 330 g/mol. The average Bonchev–Trinajstić information content (AvgIpc) is 2.30. The van der Waals surface area contributed by atoms with Crippen molar-refractivity contribution < 1.29 is 4.21 Å². The summed E-state index contributed by atoms with van der Waals surface area (Å²) in [6.07, 6.45) is 1.66. The fourth-order valence-electron chi connectivity index (χ4n) is 1.64. The smallest absolute Gasteiger partial charge is 0.0504 e. The molecule has 0 bridgehead atoms. The second-order valence-corrected chi connectivity index (χ2v) is 6.21. The van der Waals surface area contributed by atoms with Crippen molar-refractivity contribution in [3.8, 4) is 11.1 Å². The highest BCUT2D eigenvalue weighted by atomic mass is 79.9. The molecule has 0 aliphatic rings. The standard InChI is InChI=1S/C13H10BrClOS/c1-17(16)13-8-9(15)6-7-11(13)10-4-2-3-5-12(10)14/h2-8H,1H3. The minimum Gasteiger partial charge on any atom is -0.255 e. The molecule has 4 heteroatoms. The summed E-state index contributed by atoms with van der Waals surface area (Å²) in [6, 6.07) is 13.3. The zero-order valence-corrected chi connectivity index (χ0v) is 12.3. The molecule has 2 aromatic carbocycles. The third-order valence-corrected chi connectivity index (χ3v) is 4.30. The van der Waals surface area contributed by atoms with Crippen LogP contribution in [-0.4, -0.2) is 10.5 Å². The second-order valence-electron chi connectivity index (χ2n) is 3.57. The molecule has 0 N–H and O–H groups in total. The molecule has 1 nitrogen and oxygen atoms in total. The minimum absolute atomic E-state index is 0.603. The summed E-state index contributed by atoms with van der Waals surface area (Å²) < 4.78 is 12.7. The van der Waals surface area contributed by atoms with Crippen LogP contribution in [0.4, 0.5) is 0 Å². The first-order valence-electron chi connectivity index (χ1n) is 4.97. The maximum Gasteiger partial charge on any atom is 0.0504 e. The summed E-state index contributed by atoms with van der Waals surface area (Å²) in [5.41, 5.74) is 1.97. The molecular weight excluding hydrogens is 320 g/mol. The van der Waals surface area contributed by atoms with Gasteiger partial charge in [0, 0.05) is 20.6 Å². The van der Waals surface area contributed by atoms with E-state index in [0.29, 0.717) is 5.02 Å². The SMILES string of the molecule is CS(=O)c1cc(Cl)ccc1-c1ccccc1Br. The molecule has 0 aliphatic heterocycles. The van der Waals surface area contributed by atoms with E-state index in [1.54, 1.807) is 12.3 Å². The Kier molecular flexibility index (Phi) is 4.02. The molecule has 88 valence electrons. The molecule has 0 aromatic heterocycles. The fourth-order valence-corrected chi connectivity index (χ4v) is 3.15. The van der Waals surface area contributed by atoms with Gasteiger partial charge in [-0.15, -0.1) is 0 Å². The van der Waals surface area contributed by atoms with Gasteiger partial charge >= 0.3 is 0 Å². The summed E-state index contributed by atoms with van der Waals surface area (Å²) in [7, 11) is -1.06. The van der Waals surface area contributed by atoms with E-state index in [4.69, 9.17) is 11.6 Å². The van der Waals surface area contributed by atoms with Crippen LogP contribution in [-0.2, 0) is 10.8 Å². The molecule has 0 aliphatic carbocycles. The Bertz CT molecular complexity index is 583. The van der Waals surface area contributed by atoms with E-state index in [1.165, 1.54) is 0 Å². The molecular formula is C13H10BrClOS. The Morgan fingerprint density at radius 3 is 2.47 bits per heavy atom. The van der Waals surface area contributed by atoms with Gasteiger partial charge in [0.05, 0.1) is 10.8 Å². The summed E-state index contributed by atoms with van der Waals surface area (Å²) in [5.74, 6) is 0. The highest BCUT2D eigenvalue weighted by molar-refractivity contribution is 9.10. The lowest BCUT2D eigenvalue weighted by molar-refractivity contribution is 0.687. The summed E-state index contributed by atoms with van der Waals surface area (Å²) in [4.78, 5) is 0.754. The van der Waals surface area contributed by atoms with E-state index >= 15 is 0 Å². The van der Waals surface area contributed by atoms with Gasteiger partial charge < -0.3 is 0 Å². The van der Waals surface area contributed by atoms with Crippen molar-refractivity contribution in [1.29, 1.82) is 0 Å². The van der Waals surface area contributed by atoms with E-state index < -0.39 is 10.8 Å². The van der Waals surface area contributed by atoms with E-state index in [0.717, 1.165) is 20.5 Å². The Balaban J connectivity index is 2.68. The Morgan fingerprint density at radius 1 is 1.12 bits per heavy atom. The van der Waals surface area contributed by atoms with Gasteiger partial charge in [-0.25, -0.2) is 0 Å². The van der Waals surface area contributed by atoms with Gasteiger partial charge in [-0.1, -0.05) is 51.8 Å². The third kappa shape index (κ3) is 2.79. The predicted octanol–water partition coefficient (Wildman–Crippen LogP) is 4.51. The molecule has 0 heterocycles. The van der Waals surface area contributed by atoms with Crippen LogP contribution < -0.4 is 0 Å². The van der Waals surface area contributed by atoms with Gasteiger partial charge in [0.15, 0.2) is 0 Å². The Labute approximate surface area is 116 Å². The van der Waals surface area contributed by atoms with E-state index in [2.05, 4.69) is 15.9 Å². The van der Waals surface area contributed by atoms with E-state index in [1.807, 2.05) is 36.4 Å². The van der Waals surface area contributed by atoms with Crippen molar-refractivity contribution in [3.05, 3.63) is 52.0 Å². The molecule has 1 unspecified atom stereocenters. The maximum atomic E-state index is 11.7. The Morgan fingerprint density at radius 2 is 1.82 bits per heavy atom. The first kappa shape index (κ1) is 12.8. The Hall–Kier alpha value is -0.640. The van der Waals surface area contributed by atoms with Crippen molar-refractivity contribution in [3.63, 3.8) is 0 Å². The van der Waals surface area contributed by atoms with Gasteiger partial charge in [0.1, 0.15) is 0 Å². The molecule has 0 radical (unpaired) electrons. The van der Waals surface area contributed by atoms with Crippen molar-refractivity contribution in [2.45, 2.75) is 4.90 Å². The molecule has 2 rings (SSSR count). The minimum atomic E-state index is -1.06. The van der Waals surface area contributed by atoms with Gasteiger partial charge in [-0.3, -0.25) is 4.21 Å². The first-order chi connectivity index (χ1) is 8.09. The lowest BCUT2D eigenvalue weighted by atomic mass is 10.1. The number of benzene rings is 2. The summed E-state index contributed by atoms with van der Waals surface area (Å²) in [5, 5.41) is 0.603. The van der Waals surface area contributed by atoms with Crippen LogP contribution in [0.3, 0.4) is 0 Å². The van der Waals surface area contributed by atoms with Crippen LogP contribution in [0.15, 0.2) is 51.8 Å². The lowest BCUT2D eigenvalue weighted by Gasteiger charge is -2.09. The molecule has 0 saturated heterocycles. The van der Waals surface area contributed by atoms with E-state index in [-0.39, 0.29) is 0 Å². The van der Waals surface area contributed by atoms with Crippen LogP contribution in [0, 0.1) is 0 Å². The predicted molar refractivity (Wildman–Crippen MR) is 76.9 cm³/mol. The van der Waals surface area contributed by atoms with Crippen molar-refractivity contribution in [1.82, 2.24) is 0 Å². The molecule has 0 fully saturated rings. The molecule has 1 atom stereocenters. The van der Waals surface area contributed by atoms with Crippen molar-refractivity contribution in [2.24, 2.45) is 0 Å². The normalized spacial score (nSPS) is 12.4. The van der Waals surface area contributed by atoms with Gasteiger partial charge in [0.2, 0.25) is 0 Å². The molecule has 0 amide bonds. The number of rotatable bonds is 2. The topological polar surface area (TPSA) is 17.1 Å². The first-order valence-corrected chi connectivity index (χ1v) is 7.70.